The molecular formula is C18H18N2O2. The molecule has 3 rings (SSSR count). The zero-order chi connectivity index (χ0) is 15.7. The predicted octanol–water partition coefficient (Wildman–Crippen LogP) is 3.14. The van der Waals surface area contributed by atoms with E-state index in [1.165, 1.54) is 4.57 Å². The molecule has 1 aromatic heterocycles. The number of nitrogens with zero attached hydrogens (tertiary/aromatic N) is 2. The van der Waals surface area contributed by atoms with Crippen molar-refractivity contribution in [2.45, 2.75) is 26.4 Å². The molecule has 1 unspecified atom stereocenters. The molecule has 0 saturated carbocycles. The van der Waals surface area contributed by atoms with Gasteiger partial charge < -0.3 is 5.11 Å². The van der Waals surface area contributed by atoms with Gasteiger partial charge in [-0.05, 0) is 37.1 Å². The molecule has 1 atom stereocenters. The summed E-state index contributed by atoms with van der Waals surface area (Å²) < 4.78 is 1.52. The first-order chi connectivity index (χ1) is 10.6. The smallest absolute Gasteiger partial charge is 0.266 e. The molecule has 1 N–H and O–H groups in total. The average Bonchev–Trinajstić information content (AvgIpc) is 2.54. The molecule has 22 heavy (non-hydrogen) atoms. The Kier molecular flexibility index (Phi) is 3.77. The normalized spacial score (nSPS) is 12.5. The van der Waals surface area contributed by atoms with E-state index in [1.54, 1.807) is 0 Å². The molecule has 0 aliphatic rings. The molecule has 4 heteroatoms. The molecular weight excluding hydrogens is 276 g/mol. The third-order valence-corrected chi connectivity index (χ3v) is 3.83. The van der Waals surface area contributed by atoms with Gasteiger partial charge in [-0.2, -0.15) is 0 Å². The minimum Gasteiger partial charge on any atom is -0.385 e. The number of rotatable bonds is 3. The Morgan fingerprint density at radius 3 is 2.55 bits per heavy atom. The lowest BCUT2D eigenvalue weighted by Gasteiger charge is -2.17. The monoisotopic (exact) mass is 294 g/mol. The molecule has 4 nitrogen and oxygen atoms in total. The van der Waals surface area contributed by atoms with Crippen LogP contribution >= 0.6 is 0 Å². The summed E-state index contributed by atoms with van der Waals surface area (Å²) in [6, 6.07) is 14.9. The maximum atomic E-state index is 13.0. The second kappa shape index (κ2) is 5.73. The summed E-state index contributed by atoms with van der Waals surface area (Å²) in [6.45, 7) is 3.77. The van der Waals surface area contributed by atoms with Gasteiger partial charge in [0.1, 0.15) is 11.9 Å². The van der Waals surface area contributed by atoms with Gasteiger partial charge in [-0.3, -0.25) is 9.36 Å². The molecule has 3 aromatic rings. The fourth-order valence-electron chi connectivity index (χ4n) is 2.65. The van der Waals surface area contributed by atoms with Crippen molar-refractivity contribution in [3.05, 3.63) is 70.3 Å². The van der Waals surface area contributed by atoms with Gasteiger partial charge in [0.25, 0.3) is 5.56 Å². The lowest BCUT2D eigenvalue weighted by atomic mass is 10.1. The van der Waals surface area contributed by atoms with Crippen molar-refractivity contribution in [1.29, 1.82) is 0 Å². The summed E-state index contributed by atoms with van der Waals surface area (Å²) in [5.41, 5.74) is 2.08. The van der Waals surface area contributed by atoms with Crippen LogP contribution in [0.4, 0.5) is 0 Å². The van der Waals surface area contributed by atoms with E-state index < -0.39 is 6.10 Å². The Bertz CT molecular complexity index is 869. The number of hydrogen-bond acceptors (Lipinski definition) is 3. The van der Waals surface area contributed by atoms with E-state index >= 15 is 0 Å². The summed E-state index contributed by atoms with van der Waals surface area (Å²) in [5.74, 6) is 0.386. The SMILES string of the molecule is CCC(O)c1nc2cccc(C)c2c(=O)n1-c1ccccc1. The largest absolute Gasteiger partial charge is 0.385 e. The number of benzene rings is 2. The number of aliphatic hydroxyl groups excluding tert-OH is 1. The van der Waals surface area contributed by atoms with Crippen LogP contribution in [0.25, 0.3) is 16.6 Å². The summed E-state index contributed by atoms with van der Waals surface area (Å²) in [5, 5.41) is 10.9. The second-order valence-electron chi connectivity index (χ2n) is 5.34. The van der Waals surface area contributed by atoms with Gasteiger partial charge in [-0.1, -0.05) is 37.3 Å². The third kappa shape index (κ3) is 2.31. The van der Waals surface area contributed by atoms with Crippen LogP contribution < -0.4 is 5.56 Å². The quantitative estimate of drug-likeness (QED) is 0.807. The Labute approximate surface area is 128 Å². The second-order valence-corrected chi connectivity index (χ2v) is 5.34. The van der Waals surface area contributed by atoms with Crippen LogP contribution in [0.3, 0.4) is 0 Å². The van der Waals surface area contributed by atoms with Crippen LogP contribution in [0.2, 0.25) is 0 Å². The van der Waals surface area contributed by atoms with Gasteiger partial charge in [0.15, 0.2) is 0 Å². The highest BCUT2D eigenvalue weighted by Crippen LogP contribution is 2.21. The number of hydrogen-bond donors (Lipinski definition) is 1. The maximum absolute atomic E-state index is 13.0. The van der Waals surface area contributed by atoms with Crippen molar-refractivity contribution in [3.8, 4) is 5.69 Å². The first-order valence-corrected chi connectivity index (χ1v) is 7.39. The minimum absolute atomic E-state index is 0.142. The van der Waals surface area contributed by atoms with E-state index in [-0.39, 0.29) is 5.56 Å². The Hall–Kier alpha value is -2.46. The summed E-state index contributed by atoms with van der Waals surface area (Å²) >= 11 is 0. The Morgan fingerprint density at radius 2 is 1.86 bits per heavy atom. The van der Waals surface area contributed by atoms with E-state index in [0.29, 0.717) is 28.8 Å². The summed E-state index contributed by atoms with van der Waals surface area (Å²) in [4.78, 5) is 17.6. The molecule has 0 amide bonds. The highest BCUT2D eigenvalue weighted by atomic mass is 16.3. The van der Waals surface area contributed by atoms with Gasteiger partial charge in [0, 0.05) is 0 Å². The number of aliphatic hydroxyl groups is 1. The fraction of sp³-hybridized carbons (Fsp3) is 0.222. The molecule has 1 heterocycles. The van der Waals surface area contributed by atoms with Crippen LogP contribution in [0.1, 0.15) is 30.8 Å². The van der Waals surface area contributed by atoms with Crippen LogP contribution in [-0.4, -0.2) is 14.7 Å². The van der Waals surface area contributed by atoms with Crippen LogP contribution in [0, 0.1) is 6.92 Å². The van der Waals surface area contributed by atoms with Crippen molar-refractivity contribution in [2.24, 2.45) is 0 Å². The van der Waals surface area contributed by atoms with E-state index in [0.717, 1.165) is 5.56 Å². The lowest BCUT2D eigenvalue weighted by molar-refractivity contribution is 0.161. The zero-order valence-corrected chi connectivity index (χ0v) is 12.7. The van der Waals surface area contributed by atoms with Gasteiger partial charge in [0.05, 0.1) is 16.6 Å². The summed E-state index contributed by atoms with van der Waals surface area (Å²) in [7, 11) is 0. The standard InChI is InChI=1S/C18H18N2O2/c1-3-15(21)17-19-14-11-7-8-12(2)16(14)18(22)20(17)13-9-5-4-6-10-13/h4-11,15,21H,3H2,1-2H3. The number of fused-ring (bicyclic) bond motifs is 1. The first kappa shape index (κ1) is 14.5. The van der Waals surface area contributed by atoms with Crippen LogP contribution in [0.15, 0.2) is 53.3 Å². The molecule has 0 fully saturated rings. The minimum atomic E-state index is -0.780. The number of aryl methyl sites for hydroxylation is 1. The molecule has 0 bridgehead atoms. The zero-order valence-electron chi connectivity index (χ0n) is 12.7. The number of aromatic nitrogens is 2. The molecule has 2 aromatic carbocycles. The van der Waals surface area contributed by atoms with Crippen molar-refractivity contribution >= 4 is 10.9 Å². The summed E-state index contributed by atoms with van der Waals surface area (Å²) in [6.07, 6.45) is -0.283. The first-order valence-electron chi connectivity index (χ1n) is 7.39. The van der Waals surface area contributed by atoms with Crippen molar-refractivity contribution < 1.29 is 5.11 Å². The van der Waals surface area contributed by atoms with Crippen LogP contribution in [0.5, 0.6) is 0 Å². The average molecular weight is 294 g/mol. The van der Waals surface area contributed by atoms with E-state index in [1.807, 2.05) is 62.4 Å². The predicted molar refractivity (Wildman–Crippen MR) is 87.3 cm³/mol. The van der Waals surface area contributed by atoms with Crippen molar-refractivity contribution in [2.75, 3.05) is 0 Å². The van der Waals surface area contributed by atoms with Crippen LogP contribution in [-0.2, 0) is 0 Å². The molecule has 0 aliphatic heterocycles. The van der Waals surface area contributed by atoms with Crippen molar-refractivity contribution in [3.63, 3.8) is 0 Å². The Morgan fingerprint density at radius 1 is 1.14 bits per heavy atom. The van der Waals surface area contributed by atoms with Gasteiger partial charge in [-0.25, -0.2) is 4.98 Å². The lowest BCUT2D eigenvalue weighted by Crippen LogP contribution is -2.26. The van der Waals surface area contributed by atoms with Gasteiger partial charge in [-0.15, -0.1) is 0 Å². The van der Waals surface area contributed by atoms with Gasteiger partial charge >= 0.3 is 0 Å². The Balaban J connectivity index is 2.44. The molecule has 0 spiro atoms. The topological polar surface area (TPSA) is 55.1 Å². The molecule has 112 valence electrons. The van der Waals surface area contributed by atoms with E-state index in [4.69, 9.17) is 0 Å². The van der Waals surface area contributed by atoms with Gasteiger partial charge in [0.2, 0.25) is 0 Å². The van der Waals surface area contributed by atoms with E-state index in [9.17, 15) is 9.90 Å². The number of para-hydroxylation sites is 1. The van der Waals surface area contributed by atoms with Crippen molar-refractivity contribution in [1.82, 2.24) is 9.55 Å². The molecule has 0 aliphatic carbocycles. The fourth-order valence-corrected chi connectivity index (χ4v) is 2.65. The molecule has 0 saturated heterocycles. The van der Waals surface area contributed by atoms with E-state index in [2.05, 4.69) is 4.98 Å². The maximum Gasteiger partial charge on any atom is 0.266 e. The molecule has 0 radical (unpaired) electrons. The third-order valence-electron chi connectivity index (χ3n) is 3.83. The highest BCUT2D eigenvalue weighted by Gasteiger charge is 2.18. The highest BCUT2D eigenvalue weighted by molar-refractivity contribution is 5.81.